The van der Waals surface area contributed by atoms with E-state index >= 15 is 0 Å². The maximum atomic E-state index is 11.9. The molecule has 0 saturated heterocycles. The molecule has 2 aliphatic rings. The second-order valence-electron chi connectivity index (χ2n) is 4.41. The number of hydrogen-bond acceptors (Lipinski definition) is 3. The van der Waals surface area contributed by atoms with Crippen molar-refractivity contribution in [2.75, 3.05) is 5.32 Å². The van der Waals surface area contributed by atoms with Gasteiger partial charge in [-0.15, -0.1) is 0 Å². The largest absolute Gasteiger partial charge is 0.325 e. The zero-order chi connectivity index (χ0) is 12.7. The first-order chi connectivity index (χ1) is 8.66. The third-order valence-electron chi connectivity index (χ3n) is 3.20. The van der Waals surface area contributed by atoms with Crippen LogP contribution in [0.4, 0.5) is 5.69 Å². The number of halogens is 1. The zero-order valence-corrected chi connectivity index (χ0v) is 11.4. The SMILES string of the molecule is CC1=NC=C2CC(=O)Nc3ccccc3C2N1Br. The van der Waals surface area contributed by atoms with E-state index in [9.17, 15) is 4.79 Å². The van der Waals surface area contributed by atoms with Crippen LogP contribution >= 0.6 is 16.1 Å². The lowest BCUT2D eigenvalue weighted by atomic mass is 9.96. The Labute approximate surface area is 114 Å². The zero-order valence-electron chi connectivity index (χ0n) is 9.85. The first-order valence-corrected chi connectivity index (χ1v) is 6.45. The standard InChI is InChI=1S/C13H12BrN3O/c1-8-15-7-9-6-12(18)16-11-5-3-2-4-10(11)13(9)17(8)14/h2-5,7,13H,6H2,1H3,(H,16,18). The summed E-state index contributed by atoms with van der Waals surface area (Å²) in [7, 11) is 0. The summed E-state index contributed by atoms with van der Waals surface area (Å²) >= 11 is 3.54. The summed E-state index contributed by atoms with van der Waals surface area (Å²) in [5.74, 6) is 0.889. The maximum absolute atomic E-state index is 11.9. The van der Waals surface area contributed by atoms with E-state index in [1.165, 1.54) is 0 Å². The first kappa shape index (κ1) is 11.5. The number of fused-ring (bicyclic) bond motifs is 3. The van der Waals surface area contributed by atoms with Crippen LogP contribution in [-0.2, 0) is 4.79 Å². The molecule has 3 rings (SSSR count). The Hall–Kier alpha value is -1.62. The summed E-state index contributed by atoms with van der Waals surface area (Å²) in [5.41, 5.74) is 2.95. The van der Waals surface area contributed by atoms with Gasteiger partial charge in [-0.3, -0.25) is 8.72 Å². The molecule has 0 aliphatic carbocycles. The van der Waals surface area contributed by atoms with Gasteiger partial charge in [0.05, 0.1) is 28.6 Å². The molecule has 5 heteroatoms. The van der Waals surface area contributed by atoms with Crippen molar-refractivity contribution in [2.24, 2.45) is 4.99 Å². The van der Waals surface area contributed by atoms with Gasteiger partial charge in [0.15, 0.2) is 0 Å². The van der Waals surface area contributed by atoms with Gasteiger partial charge in [0, 0.05) is 17.5 Å². The number of rotatable bonds is 0. The van der Waals surface area contributed by atoms with Crippen molar-refractivity contribution in [1.29, 1.82) is 0 Å². The van der Waals surface area contributed by atoms with Crippen LogP contribution in [0.1, 0.15) is 24.9 Å². The monoisotopic (exact) mass is 305 g/mol. The molecule has 1 N–H and O–H groups in total. The molecule has 1 amide bonds. The van der Waals surface area contributed by atoms with Gasteiger partial charge in [0.1, 0.15) is 5.84 Å². The fourth-order valence-corrected chi connectivity index (χ4v) is 2.90. The minimum Gasteiger partial charge on any atom is -0.325 e. The van der Waals surface area contributed by atoms with E-state index in [0.29, 0.717) is 6.42 Å². The number of amides is 1. The van der Waals surface area contributed by atoms with E-state index in [2.05, 4.69) is 26.5 Å². The minimum atomic E-state index is 0.00635. The van der Waals surface area contributed by atoms with Crippen LogP contribution in [-0.4, -0.2) is 15.7 Å². The van der Waals surface area contributed by atoms with Gasteiger partial charge < -0.3 is 5.32 Å². The van der Waals surface area contributed by atoms with Crippen molar-refractivity contribution in [3.05, 3.63) is 41.6 Å². The molecule has 0 saturated carbocycles. The summed E-state index contributed by atoms with van der Waals surface area (Å²) in [4.78, 5) is 16.2. The number of nitrogens with zero attached hydrogens (tertiary/aromatic N) is 2. The Morgan fingerprint density at radius 1 is 1.44 bits per heavy atom. The van der Waals surface area contributed by atoms with Gasteiger partial charge >= 0.3 is 0 Å². The lowest BCUT2D eigenvalue weighted by molar-refractivity contribution is -0.115. The molecular weight excluding hydrogens is 294 g/mol. The number of nitrogens with one attached hydrogen (secondary N) is 1. The van der Waals surface area contributed by atoms with E-state index in [-0.39, 0.29) is 11.9 Å². The highest BCUT2D eigenvalue weighted by molar-refractivity contribution is 9.07. The Bertz CT molecular complexity index is 579. The van der Waals surface area contributed by atoms with Crippen LogP contribution in [0.3, 0.4) is 0 Å². The minimum absolute atomic E-state index is 0.00635. The van der Waals surface area contributed by atoms with Crippen molar-refractivity contribution < 1.29 is 4.79 Å². The summed E-state index contributed by atoms with van der Waals surface area (Å²) < 4.78 is 1.93. The molecule has 2 aliphatic heterocycles. The second-order valence-corrected chi connectivity index (χ2v) is 5.17. The van der Waals surface area contributed by atoms with Crippen LogP contribution in [0.25, 0.3) is 0 Å². The third kappa shape index (κ3) is 1.75. The van der Waals surface area contributed by atoms with E-state index < -0.39 is 0 Å². The van der Waals surface area contributed by atoms with Gasteiger partial charge in [0.25, 0.3) is 0 Å². The number of hydrogen-bond donors (Lipinski definition) is 1. The predicted octanol–water partition coefficient (Wildman–Crippen LogP) is 3.00. The Morgan fingerprint density at radius 3 is 3.06 bits per heavy atom. The molecule has 0 spiro atoms. The van der Waals surface area contributed by atoms with Gasteiger partial charge in [-0.25, -0.2) is 4.99 Å². The fourth-order valence-electron chi connectivity index (χ4n) is 2.33. The topological polar surface area (TPSA) is 44.7 Å². The number of benzene rings is 1. The lowest BCUT2D eigenvalue weighted by Gasteiger charge is -2.31. The molecule has 1 aromatic carbocycles. The van der Waals surface area contributed by atoms with Crippen molar-refractivity contribution >= 4 is 33.6 Å². The first-order valence-electron chi connectivity index (χ1n) is 5.74. The normalized spacial score (nSPS) is 22.2. The molecule has 1 unspecified atom stereocenters. The van der Waals surface area contributed by atoms with Gasteiger partial charge in [0.2, 0.25) is 5.91 Å². The Kier molecular flexibility index (Phi) is 2.70. The van der Waals surface area contributed by atoms with Gasteiger partial charge in [-0.1, -0.05) is 18.2 Å². The van der Waals surface area contributed by atoms with Crippen LogP contribution in [0.15, 0.2) is 41.0 Å². The molecule has 0 radical (unpaired) electrons. The fraction of sp³-hybridized carbons (Fsp3) is 0.231. The van der Waals surface area contributed by atoms with Gasteiger partial charge in [-0.2, -0.15) is 0 Å². The molecule has 0 bridgehead atoms. The van der Waals surface area contributed by atoms with E-state index in [4.69, 9.17) is 0 Å². The summed E-state index contributed by atoms with van der Waals surface area (Å²) in [6.07, 6.45) is 2.18. The number of amidine groups is 1. The second kappa shape index (κ2) is 4.24. The summed E-state index contributed by atoms with van der Waals surface area (Å²) in [6.45, 7) is 1.94. The van der Waals surface area contributed by atoms with Crippen molar-refractivity contribution in [3.8, 4) is 0 Å². The molecule has 4 nitrogen and oxygen atoms in total. The highest BCUT2D eigenvalue weighted by Gasteiger charge is 2.32. The maximum Gasteiger partial charge on any atom is 0.228 e. The molecular formula is C13H12BrN3O. The smallest absolute Gasteiger partial charge is 0.228 e. The molecule has 1 aromatic rings. The number of aliphatic imine (C=N–C) groups is 1. The quantitative estimate of drug-likeness (QED) is 0.749. The van der Waals surface area contributed by atoms with E-state index in [0.717, 1.165) is 22.7 Å². The number of carbonyl (C=O) groups excluding carboxylic acids is 1. The number of carbonyl (C=O) groups is 1. The van der Waals surface area contributed by atoms with Gasteiger partial charge in [-0.05, 0) is 18.6 Å². The number of anilines is 1. The highest BCUT2D eigenvalue weighted by atomic mass is 79.9. The van der Waals surface area contributed by atoms with Crippen molar-refractivity contribution in [1.82, 2.24) is 3.93 Å². The molecule has 0 fully saturated rings. The van der Waals surface area contributed by atoms with Crippen molar-refractivity contribution in [3.63, 3.8) is 0 Å². The van der Waals surface area contributed by atoms with E-state index in [1.54, 1.807) is 6.20 Å². The average Bonchev–Trinajstić information content (AvgIpc) is 2.49. The average molecular weight is 306 g/mol. The van der Waals surface area contributed by atoms with Crippen LogP contribution < -0.4 is 5.32 Å². The predicted molar refractivity (Wildman–Crippen MR) is 74.4 cm³/mol. The molecule has 1 atom stereocenters. The third-order valence-corrected chi connectivity index (χ3v) is 4.12. The van der Waals surface area contributed by atoms with Crippen LogP contribution in [0.5, 0.6) is 0 Å². The van der Waals surface area contributed by atoms with Crippen LogP contribution in [0, 0.1) is 0 Å². The summed E-state index contributed by atoms with van der Waals surface area (Å²) in [6, 6.07) is 7.90. The lowest BCUT2D eigenvalue weighted by Crippen LogP contribution is -2.27. The van der Waals surface area contributed by atoms with E-state index in [1.807, 2.05) is 35.1 Å². The Balaban J connectivity index is 2.18. The molecule has 92 valence electrons. The van der Waals surface area contributed by atoms with Crippen LogP contribution in [0.2, 0.25) is 0 Å². The molecule has 18 heavy (non-hydrogen) atoms. The van der Waals surface area contributed by atoms with Crippen molar-refractivity contribution in [2.45, 2.75) is 19.4 Å². The molecule has 0 aromatic heterocycles. The highest BCUT2D eigenvalue weighted by Crippen LogP contribution is 2.41. The Morgan fingerprint density at radius 2 is 2.22 bits per heavy atom. The number of para-hydroxylation sites is 1. The summed E-state index contributed by atoms with van der Waals surface area (Å²) in [5, 5.41) is 2.94. The molecule has 2 heterocycles.